The molecule has 1 N–H and O–H groups in total. The van der Waals surface area contributed by atoms with Crippen LogP contribution in [0.2, 0.25) is 0 Å². The van der Waals surface area contributed by atoms with Crippen LogP contribution in [-0.4, -0.2) is 20.9 Å². The van der Waals surface area contributed by atoms with Gasteiger partial charge in [-0.05, 0) is 59.4 Å². The van der Waals surface area contributed by atoms with Gasteiger partial charge in [0.2, 0.25) is 5.71 Å². The number of aromatic nitrogens is 2. The van der Waals surface area contributed by atoms with Crippen molar-refractivity contribution < 1.29 is 38.8 Å². The van der Waals surface area contributed by atoms with Crippen molar-refractivity contribution in [2.45, 2.75) is 93.4 Å². The van der Waals surface area contributed by atoms with E-state index in [1.54, 1.807) is 23.9 Å². The summed E-state index contributed by atoms with van der Waals surface area (Å²) in [5, 5.41) is 16.2. The molecule has 0 unspecified atom stereocenters. The summed E-state index contributed by atoms with van der Waals surface area (Å²) in [6, 6.07) is 13.8. The molecular weight excluding hydrogens is 785 g/mol. The van der Waals surface area contributed by atoms with Gasteiger partial charge in [0.15, 0.2) is 5.78 Å². The number of thiophene rings is 1. The number of rotatable bonds is 8. The van der Waals surface area contributed by atoms with Crippen LogP contribution in [0.1, 0.15) is 93.6 Å². The molecule has 6 nitrogen and oxygen atoms in total. The number of carbonyl (C=O) groups is 1. The molecule has 4 aromatic heterocycles. The van der Waals surface area contributed by atoms with E-state index in [4.69, 9.17) is 8.83 Å². The third-order valence-electron chi connectivity index (χ3n) is 9.99. The van der Waals surface area contributed by atoms with Gasteiger partial charge in [-0.25, -0.2) is 4.98 Å². The predicted molar refractivity (Wildman–Crippen MR) is 191 cm³/mol. The average Bonchev–Trinajstić information content (AvgIpc) is 3.80. The van der Waals surface area contributed by atoms with Crippen molar-refractivity contribution in [1.82, 2.24) is 9.97 Å². The molecule has 2 aromatic carbocycles. The van der Waals surface area contributed by atoms with Gasteiger partial charge in [-0.3, -0.25) is 9.78 Å². The zero-order chi connectivity index (χ0) is 33.4. The zero-order valence-corrected chi connectivity index (χ0v) is 32.0. The Morgan fingerprint density at radius 2 is 1.62 bits per heavy atom. The van der Waals surface area contributed by atoms with Crippen LogP contribution >= 0.6 is 11.3 Å². The Kier molecular flexibility index (Phi) is 10.9. The summed E-state index contributed by atoms with van der Waals surface area (Å²) in [5.74, 6) is 0.286. The molecule has 47 heavy (non-hydrogen) atoms. The summed E-state index contributed by atoms with van der Waals surface area (Å²) in [5.41, 5.74) is 4.56. The minimum Gasteiger partial charge on any atom is -0.512 e. The van der Waals surface area contributed by atoms with Crippen molar-refractivity contribution in [1.29, 1.82) is 0 Å². The fourth-order valence-corrected chi connectivity index (χ4v) is 6.77. The molecule has 0 aliphatic carbocycles. The quantitative estimate of drug-likeness (QED) is 0.0934. The zero-order valence-electron chi connectivity index (χ0n) is 28.8. The molecular formula is C39H45IrN2O4S-. The fraction of sp³-hybridized carbons (Fsp3) is 0.410. The first kappa shape index (κ1) is 36.5. The summed E-state index contributed by atoms with van der Waals surface area (Å²) in [6.07, 6.45) is 8.01. The van der Waals surface area contributed by atoms with E-state index in [-0.39, 0.29) is 47.9 Å². The maximum atomic E-state index is 12.2. The molecule has 8 heteroatoms. The van der Waals surface area contributed by atoms with Gasteiger partial charge in [-0.15, -0.1) is 23.6 Å². The number of furan rings is 2. The number of hydrogen-bond acceptors (Lipinski definition) is 7. The third kappa shape index (κ3) is 6.83. The first-order valence-corrected chi connectivity index (χ1v) is 17.1. The van der Waals surface area contributed by atoms with Crippen molar-refractivity contribution in [2.24, 2.45) is 10.8 Å². The smallest absolute Gasteiger partial charge is 0.223 e. The summed E-state index contributed by atoms with van der Waals surface area (Å²) in [7, 11) is 0. The molecule has 0 bridgehead atoms. The Balaban J connectivity index is 0.000000242. The molecule has 4 heterocycles. The van der Waals surface area contributed by atoms with Gasteiger partial charge in [0.1, 0.15) is 23.3 Å². The van der Waals surface area contributed by atoms with Crippen LogP contribution in [0.4, 0.5) is 0 Å². The first-order valence-electron chi connectivity index (χ1n) is 16.2. The summed E-state index contributed by atoms with van der Waals surface area (Å²) < 4.78 is 13.1. The maximum absolute atomic E-state index is 12.2. The number of carbonyl (C=O) groups excluding carboxylic acids is 1. The minimum absolute atomic E-state index is 0. The van der Waals surface area contributed by atoms with E-state index in [0.29, 0.717) is 5.71 Å². The second kappa shape index (κ2) is 14.0. The standard InChI is InChI=1S/C24H17N2O2S.C15H28O2.Ir/c1-24(2,3)16-11-15(10-14-7-9-29-22(14)16)20-19-18-17(28-23(19)26-12-25-20)5-4-13-6-8-27-21(13)18;1-7-14(5,8-2)12(16)11-13(17)15(6,9-3)10-4;/h4-9,11-12H,1-3H3;11,16H,7-10H2,1-6H3;/q-1;;/b;12-11-;. The van der Waals surface area contributed by atoms with Gasteiger partial charge in [0.05, 0.1) is 11.6 Å². The van der Waals surface area contributed by atoms with Gasteiger partial charge in [0.25, 0.3) is 0 Å². The largest absolute Gasteiger partial charge is 0.512 e. The van der Waals surface area contributed by atoms with Gasteiger partial charge >= 0.3 is 0 Å². The molecule has 0 aliphatic heterocycles. The fourth-order valence-electron chi connectivity index (χ4n) is 5.69. The first-order chi connectivity index (χ1) is 21.8. The van der Waals surface area contributed by atoms with Crippen LogP contribution in [-0.2, 0) is 30.3 Å². The van der Waals surface area contributed by atoms with Crippen molar-refractivity contribution in [3.63, 3.8) is 0 Å². The Labute approximate surface area is 295 Å². The van der Waals surface area contributed by atoms with E-state index in [0.717, 1.165) is 69.7 Å². The van der Waals surface area contributed by atoms with E-state index < -0.39 is 0 Å². The van der Waals surface area contributed by atoms with E-state index in [1.165, 1.54) is 16.3 Å². The number of aliphatic hydroxyl groups is 1. The monoisotopic (exact) mass is 830 g/mol. The summed E-state index contributed by atoms with van der Waals surface area (Å²) in [6.45, 7) is 18.8. The number of benzene rings is 2. The summed E-state index contributed by atoms with van der Waals surface area (Å²) in [4.78, 5) is 21.2. The van der Waals surface area contributed by atoms with E-state index >= 15 is 0 Å². The maximum Gasteiger partial charge on any atom is 0.223 e. The second-order valence-electron chi connectivity index (χ2n) is 13.7. The predicted octanol–water partition coefficient (Wildman–Crippen LogP) is 11.7. The Morgan fingerprint density at radius 1 is 0.936 bits per heavy atom. The van der Waals surface area contributed by atoms with Crippen LogP contribution in [0.5, 0.6) is 0 Å². The summed E-state index contributed by atoms with van der Waals surface area (Å²) >= 11 is 1.76. The van der Waals surface area contributed by atoms with Crippen LogP contribution in [0.15, 0.2) is 69.0 Å². The number of ketones is 1. The van der Waals surface area contributed by atoms with Crippen LogP contribution in [0, 0.1) is 16.9 Å². The van der Waals surface area contributed by atoms with Crippen LogP contribution < -0.4 is 0 Å². The number of allylic oxidation sites excluding steroid dienone is 2. The topological polar surface area (TPSA) is 89.4 Å². The molecule has 6 rings (SSSR count). The Hall–Kier alpha value is -3.32. The van der Waals surface area contributed by atoms with Crippen molar-refractivity contribution in [3.8, 4) is 11.3 Å². The Bertz CT molecular complexity index is 2050. The molecule has 1 radical (unpaired) electrons. The number of fused-ring (bicyclic) bond motifs is 6. The van der Waals surface area contributed by atoms with Crippen LogP contribution in [0.25, 0.3) is 54.4 Å². The molecule has 0 amide bonds. The molecule has 6 aromatic rings. The molecule has 0 atom stereocenters. The molecule has 0 spiro atoms. The van der Waals surface area contributed by atoms with Crippen molar-refractivity contribution >= 4 is 60.2 Å². The third-order valence-corrected chi connectivity index (χ3v) is 10.9. The number of aliphatic hydroxyl groups excluding tert-OH is 1. The number of nitrogens with zero attached hydrogens (tertiary/aromatic N) is 2. The molecule has 0 saturated heterocycles. The Morgan fingerprint density at radius 3 is 2.26 bits per heavy atom. The van der Waals surface area contributed by atoms with E-state index in [2.05, 4.69) is 54.3 Å². The number of hydrogen-bond donors (Lipinski definition) is 1. The molecule has 0 aliphatic rings. The van der Waals surface area contributed by atoms with Gasteiger partial charge in [0, 0.05) is 53.5 Å². The van der Waals surface area contributed by atoms with Gasteiger partial charge in [-0.2, -0.15) is 11.3 Å². The van der Waals surface area contributed by atoms with Gasteiger partial charge in [-0.1, -0.05) is 73.4 Å². The SMILES string of the molecule is CC(C)(C)c1cc(-c2ncnc3oc4ccc5ccoc5c4c23)[c-]c2ccsc12.CCC(C)(CC)C(=O)/C=C(\O)C(C)(CC)CC.[Ir]. The minimum atomic E-state index is -0.337. The average molecular weight is 830 g/mol. The van der Waals surface area contributed by atoms with E-state index in [1.807, 2.05) is 59.7 Å². The van der Waals surface area contributed by atoms with Crippen LogP contribution in [0.3, 0.4) is 0 Å². The normalized spacial score (nSPS) is 12.8. The van der Waals surface area contributed by atoms with Gasteiger partial charge < -0.3 is 13.9 Å². The van der Waals surface area contributed by atoms with E-state index in [9.17, 15) is 9.90 Å². The van der Waals surface area contributed by atoms with Crippen molar-refractivity contribution in [3.05, 3.63) is 71.8 Å². The second-order valence-corrected chi connectivity index (χ2v) is 14.6. The van der Waals surface area contributed by atoms with Crippen molar-refractivity contribution in [2.75, 3.05) is 0 Å². The molecule has 0 fully saturated rings. The molecule has 0 saturated carbocycles. The molecule has 251 valence electrons.